The summed E-state index contributed by atoms with van der Waals surface area (Å²) in [5.41, 5.74) is 0.727. The summed E-state index contributed by atoms with van der Waals surface area (Å²) >= 11 is 0. The summed E-state index contributed by atoms with van der Waals surface area (Å²) < 4.78 is 0. The Labute approximate surface area is 75.1 Å². The molecule has 0 radical (unpaired) electrons. The van der Waals surface area contributed by atoms with Gasteiger partial charge in [0, 0.05) is 13.1 Å². The largest absolute Gasteiger partial charge is 0.269 e. The van der Waals surface area contributed by atoms with Crippen molar-refractivity contribution in [1.29, 1.82) is 0 Å². The Kier molecular flexibility index (Phi) is 2.13. The van der Waals surface area contributed by atoms with Gasteiger partial charge in [-0.25, -0.2) is 5.01 Å². The first-order valence-electron chi connectivity index (χ1n) is 5.26. The van der Waals surface area contributed by atoms with E-state index in [4.69, 9.17) is 5.84 Å². The minimum absolute atomic E-state index is 0.727. The van der Waals surface area contributed by atoms with Crippen molar-refractivity contribution in [2.45, 2.75) is 39.0 Å². The molecule has 0 aromatic carbocycles. The van der Waals surface area contributed by atoms with Gasteiger partial charge in [0.25, 0.3) is 0 Å². The number of hydrogen-bond donors (Lipinski definition) is 1. The molecule has 1 aliphatic heterocycles. The van der Waals surface area contributed by atoms with Crippen LogP contribution in [0.5, 0.6) is 0 Å². The lowest BCUT2D eigenvalue weighted by molar-refractivity contribution is -0.0359. The third kappa shape index (κ3) is 1.17. The highest BCUT2D eigenvalue weighted by molar-refractivity contribution is 4.97. The molecular formula is C10H20N2. The lowest BCUT2D eigenvalue weighted by Gasteiger charge is -2.53. The zero-order valence-corrected chi connectivity index (χ0v) is 8.05. The molecule has 1 unspecified atom stereocenters. The van der Waals surface area contributed by atoms with Crippen molar-refractivity contribution < 1.29 is 0 Å². The zero-order chi connectivity index (χ0) is 8.60. The quantitative estimate of drug-likeness (QED) is 0.604. The van der Waals surface area contributed by atoms with Crippen LogP contribution < -0.4 is 5.84 Å². The fourth-order valence-corrected chi connectivity index (χ4v) is 3.02. The highest BCUT2D eigenvalue weighted by Crippen LogP contribution is 2.54. The molecule has 70 valence electrons. The van der Waals surface area contributed by atoms with Gasteiger partial charge in [0.05, 0.1) is 0 Å². The first-order valence-corrected chi connectivity index (χ1v) is 5.26. The zero-order valence-electron chi connectivity index (χ0n) is 8.05. The average molecular weight is 168 g/mol. The molecule has 2 rings (SSSR count). The lowest BCUT2D eigenvalue weighted by Crippen LogP contribution is -2.50. The number of hydrogen-bond acceptors (Lipinski definition) is 2. The summed E-state index contributed by atoms with van der Waals surface area (Å²) in [6, 6.07) is 0. The summed E-state index contributed by atoms with van der Waals surface area (Å²) in [4.78, 5) is 0. The first-order chi connectivity index (χ1) is 5.77. The Morgan fingerprint density at radius 1 is 1.33 bits per heavy atom. The Bertz CT molecular complexity index is 157. The monoisotopic (exact) mass is 168 g/mol. The van der Waals surface area contributed by atoms with E-state index in [-0.39, 0.29) is 0 Å². The van der Waals surface area contributed by atoms with E-state index in [2.05, 4.69) is 6.92 Å². The number of piperidine rings is 1. The van der Waals surface area contributed by atoms with E-state index in [1.807, 2.05) is 5.01 Å². The minimum Gasteiger partial charge on any atom is -0.269 e. The van der Waals surface area contributed by atoms with Crippen molar-refractivity contribution in [2.75, 3.05) is 13.1 Å². The maximum atomic E-state index is 5.75. The second kappa shape index (κ2) is 3.00. The smallest absolute Gasteiger partial charge is 0.0134 e. The molecule has 1 spiro atoms. The maximum Gasteiger partial charge on any atom is 0.0134 e. The van der Waals surface area contributed by atoms with E-state index >= 15 is 0 Å². The topological polar surface area (TPSA) is 29.3 Å². The third-order valence-corrected chi connectivity index (χ3v) is 4.14. The van der Waals surface area contributed by atoms with Crippen molar-refractivity contribution in [2.24, 2.45) is 17.2 Å². The summed E-state index contributed by atoms with van der Waals surface area (Å²) in [6.45, 7) is 4.58. The molecule has 1 saturated heterocycles. The fourth-order valence-electron chi connectivity index (χ4n) is 3.02. The molecule has 0 aromatic rings. The molecule has 2 aliphatic rings. The summed E-state index contributed by atoms with van der Waals surface area (Å²) in [5.74, 6) is 6.77. The van der Waals surface area contributed by atoms with Gasteiger partial charge in [0.2, 0.25) is 0 Å². The van der Waals surface area contributed by atoms with Gasteiger partial charge in [-0.15, -0.1) is 0 Å². The van der Waals surface area contributed by atoms with Crippen LogP contribution in [0.3, 0.4) is 0 Å². The second-order valence-electron chi connectivity index (χ2n) is 4.54. The SMILES string of the molecule is CCC1CCC12CCN(N)CC2. The maximum absolute atomic E-state index is 5.75. The molecule has 2 nitrogen and oxygen atoms in total. The van der Waals surface area contributed by atoms with Gasteiger partial charge in [0.1, 0.15) is 0 Å². The van der Waals surface area contributed by atoms with Crippen LogP contribution in [-0.2, 0) is 0 Å². The van der Waals surface area contributed by atoms with E-state index < -0.39 is 0 Å². The van der Waals surface area contributed by atoms with Crippen LogP contribution in [0.4, 0.5) is 0 Å². The average Bonchev–Trinajstić information content (AvgIpc) is 2.05. The minimum atomic E-state index is 0.727. The Balaban J connectivity index is 1.95. The number of nitrogens with zero attached hydrogens (tertiary/aromatic N) is 1. The van der Waals surface area contributed by atoms with Gasteiger partial charge >= 0.3 is 0 Å². The molecule has 1 heterocycles. The summed E-state index contributed by atoms with van der Waals surface area (Å²) in [7, 11) is 0. The fraction of sp³-hybridized carbons (Fsp3) is 1.00. The van der Waals surface area contributed by atoms with Gasteiger partial charge in [0.15, 0.2) is 0 Å². The second-order valence-corrected chi connectivity index (χ2v) is 4.54. The van der Waals surface area contributed by atoms with Crippen molar-refractivity contribution in [1.82, 2.24) is 5.01 Å². The highest BCUT2D eigenvalue weighted by atomic mass is 15.4. The highest BCUT2D eigenvalue weighted by Gasteiger charge is 2.46. The summed E-state index contributed by atoms with van der Waals surface area (Å²) in [6.07, 6.45) is 7.02. The standard InChI is InChI=1S/C10H20N2/c1-2-9-3-4-10(9)5-7-12(11)8-6-10/h9H,2-8,11H2,1H3. The lowest BCUT2D eigenvalue weighted by atomic mass is 9.55. The number of hydrazine groups is 1. The van der Waals surface area contributed by atoms with Crippen molar-refractivity contribution in [3.8, 4) is 0 Å². The Morgan fingerprint density at radius 2 is 2.00 bits per heavy atom. The first kappa shape index (κ1) is 8.52. The molecule has 2 heteroatoms. The van der Waals surface area contributed by atoms with Crippen LogP contribution in [0.25, 0.3) is 0 Å². The third-order valence-electron chi connectivity index (χ3n) is 4.14. The number of rotatable bonds is 1. The van der Waals surface area contributed by atoms with Crippen molar-refractivity contribution >= 4 is 0 Å². The molecule has 1 saturated carbocycles. The molecule has 2 N–H and O–H groups in total. The van der Waals surface area contributed by atoms with Gasteiger partial charge in [-0.3, -0.25) is 5.84 Å². The van der Waals surface area contributed by atoms with Crippen LogP contribution in [-0.4, -0.2) is 18.1 Å². The van der Waals surface area contributed by atoms with Crippen LogP contribution in [0, 0.1) is 11.3 Å². The van der Waals surface area contributed by atoms with Crippen LogP contribution in [0.15, 0.2) is 0 Å². The molecule has 0 aromatic heterocycles. The Morgan fingerprint density at radius 3 is 2.42 bits per heavy atom. The summed E-state index contributed by atoms with van der Waals surface area (Å²) in [5, 5.41) is 1.98. The van der Waals surface area contributed by atoms with E-state index in [1.54, 1.807) is 0 Å². The molecular weight excluding hydrogens is 148 g/mol. The molecule has 2 fully saturated rings. The normalized spacial score (nSPS) is 35.0. The van der Waals surface area contributed by atoms with E-state index in [0.717, 1.165) is 24.4 Å². The molecule has 0 amide bonds. The van der Waals surface area contributed by atoms with Crippen molar-refractivity contribution in [3.05, 3.63) is 0 Å². The van der Waals surface area contributed by atoms with Gasteiger partial charge in [-0.1, -0.05) is 13.3 Å². The molecule has 1 atom stereocenters. The van der Waals surface area contributed by atoms with Crippen molar-refractivity contribution in [3.63, 3.8) is 0 Å². The molecule has 0 bridgehead atoms. The predicted octanol–water partition coefficient (Wildman–Crippen LogP) is 1.76. The van der Waals surface area contributed by atoms with Gasteiger partial charge < -0.3 is 0 Å². The van der Waals surface area contributed by atoms with Crippen LogP contribution in [0.1, 0.15) is 39.0 Å². The van der Waals surface area contributed by atoms with E-state index in [1.165, 1.54) is 32.1 Å². The molecule has 1 aliphatic carbocycles. The van der Waals surface area contributed by atoms with Gasteiger partial charge in [-0.05, 0) is 37.0 Å². The molecule has 12 heavy (non-hydrogen) atoms. The van der Waals surface area contributed by atoms with Crippen LogP contribution in [0.2, 0.25) is 0 Å². The van der Waals surface area contributed by atoms with Gasteiger partial charge in [-0.2, -0.15) is 0 Å². The van der Waals surface area contributed by atoms with E-state index in [9.17, 15) is 0 Å². The van der Waals surface area contributed by atoms with E-state index in [0.29, 0.717) is 0 Å². The number of nitrogens with two attached hydrogens (primary N) is 1. The Hall–Kier alpha value is -0.0800. The predicted molar refractivity (Wildman–Crippen MR) is 50.4 cm³/mol. The van der Waals surface area contributed by atoms with Crippen LogP contribution >= 0.6 is 0 Å².